The summed E-state index contributed by atoms with van der Waals surface area (Å²) >= 11 is 1.61. The van der Waals surface area contributed by atoms with Crippen molar-refractivity contribution in [2.45, 2.75) is 33.2 Å². The van der Waals surface area contributed by atoms with Gasteiger partial charge in [-0.25, -0.2) is 4.98 Å². The third kappa shape index (κ3) is 3.79. The SMILES string of the molecule is Cc1cc(C(=O)CCC(=O)NCc2nc3ccccc3n2C)c(C)s1. The minimum absolute atomic E-state index is 0.0275. The maximum absolute atomic E-state index is 12.2. The normalized spacial score (nSPS) is 11.0. The number of para-hydroxylation sites is 2. The molecule has 6 heteroatoms. The largest absolute Gasteiger partial charge is 0.349 e. The second kappa shape index (κ2) is 7.19. The number of hydrogen-bond acceptors (Lipinski definition) is 4. The van der Waals surface area contributed by atoms with Crippen molar-refractivity contribution in [1.82, 2.24) is 14.9 Å². The molecule has 0 fully saturated rings. The smallest absolute Gasteiger partial charge is 0.220 e. The first-order chi connectivity index (χ1) is 12.0. The van der Waals surface area contributed by atoms with Gasteiger partial charge in [0.05, 0.1) is 17.6 Å². The van der Waals surface area contributed by atoms with Crippen LogP contribution in [0.5, 0.6) is 0 Å². The fraction of sp³-hybridized carbons (Fsp3) is 0.316. The molecule has 1 N–H and O–H groups in total. The fourth-order valence-electron chi connectivity index (χ4n) is 2.89. The van der Waals surface area contributed by atoms with Gasteiger partial charge < -0.3 is 9.88 Å². The number of imidazole rings is 1. The molecule has 0 bridgehead atoms. The van der Waals surface area contributed by atoms with Crippen molar-refractivity contribution < 1.29 is 9.59 Å². The fourth-order valence-corrected chi connectivity index (χ4v) is 3.83. The van der Waals surface area contributed by atoms with Gasteiger partial charge in [0.1, 0.15) is 5.82 Å². The molecule has 5 nitrogen and oxygen atoms in total. The highest BCUT2D eigenvalue weighted by atomic mass is 32.1. The van der Waals surface area contributed by atoms with E-state index in [-0.39, 0.29) is 24.5 Å². The molecule has 0 spiro atoms. The summed E-state index contributed by atoms with van der Waals surface area (Å²) in [5.74, 6) is 0.690. The maximum Gasteiger partial charge on any atom is 0.220 e. The lowest BCUT2D eigenvalue weighted by molar-refractivity contribution is -0.121. The maximum atomic E-state index is 12.2. The standard InChI is InChI=1S/C19H21N3O2S/c1-12-10-14(13(2)25-12)17(23)8-9-19(24)20-11-18-21-15-6-4-5-7-16(15)22(18)3/h4-7,10H,8-9,11H2,1-3H3,(H,20,24). The minimum atomic E-state index is -0.134. The van der Waals surface area contributed by atoms with Crippen LogP contribution in [-0.4, -0.2) is 21.2 Å². The molecule has 25 heavy (non-hydrogen) atoms. The molecule has 130 valence electrons. The van der Waals surface area contributed by atoms with Crippen molar-refractivity contribution in [3.63, 3.8) is 0 Å². The van der Waals surface area contributed by atoms with E-state index in [4.69, 9.17) is 0 Å². The average molecular weight is 355 g/mol. The van der Waals surface area contributed by atoms with Crippen LogP contribution in [0.1, 0.15) is 38.8 Å². The number of nitrogens with zero attached hydrogens (tertiary/aromatic N) is 2. The molecule has 0 radical (unpaired) electrons. The van der Waals surface area contributed by atoms with Crippen molar-refractivity contribution >= 4 is 34.1 Å². The summed E-state index contributed by atoms with van der Waals surface area (Å²) in [6.45, 7) is 4.28. The Bertz CT molecular complexity index is 939. The summed E-state index contributed by atoms with van der Waals surface area (Å²) in [6.07, 6.45) is 0.419. The highest BCUT2D eigenvalue weighted by molar-refractivity contribution is 7.12. The molecule has 0 saturated carbocycles. The number of ketones is 1. The third-order valence-corrected chi connectivity index (χ3v) is 5.21. The van der Waals surface area contributed by atoms with Crippen LogP contribution >= 0.6 is 11.3 Å². The molecule has 3 rings (SSSR count). The lowest BCUT2D eigenvalue weighted by atomic mass is 10.1. The number of aromatic nitrogens is 2. The van der Waals surface area contributed by atoms with Crippen LogP contribution in [0.4, 0.5) is 0 Å². The first-order valence-electron chi connectivity index (χ1n) is 8.23. The Hall–Kier alpha value is -2.47. The Labute approximate surface area is 150 Å². The molecule has 1 aromatic carbocycles. The molecule has 2 heterocycles. The summed E-state index contributed by atoms with van der Waals surface area (Å²) in [6, 6.07) is 9.76. The number of Topliss-reactive ketones (excluding diaryl/α,β-unsaturated/α-hetero) is 1. The van der Waals surface area contributed by atoms with Crippen molar-refractivity contribution in [2.24, 2.45) is 7.05 Å². The molecule has 1 amide bonds. The van der Waals surface area contributed by atoms with Crippen LogP contribution in [0.2, 0.25) is 0 Å². The lowest BCUT2D eigenvalue weighted by Gasteiger charge is -2.05. The van der Waals surface area contributed by atoms with Crippen LogP contribution in [0.3, 0.4) is 0 Å². The Balaban J connectivity index is 1.55. The molecular formula is C19H21N3O2S. The van der Waals surface area contributed by atoms with Gasteiger partial charge in [-0.2, -0.15) is 0 Å². The number of carbonyl (C=O) groups excluding carboxylic acids is 2. The van der Waals surface area contributed by atoms with E-state index < -0.39 is 0 Å². The monoisotopic (exact) mass is 355 g/mol. The third-order valence-electron chi connectivity index (χ3n) is 4.24. The number of thiophene rings is 1. The Kier molecular flexibility index (Phi) is 4.99. The number of amides is 1. The van der Waals surface area contributed by atoms with Gasteiger partial charge in [-0.15, -0.1) is 11.3 Å². The van der Waals surface area contributed by atoms with E-state index in [1.807, 2.05) is 55.8 Å². The van der Waals surface area contributed by atoms with Crippen LogP contribution < -0.4 is 5.32 Å². The van der Waals surface area contributed by atoms with E-state index in [2.05, 4.69) is 10.3 Å². The van der Waals surface area contributed by atoms with Crippen LogP contribution in [0.25, 0.3) is 11.0 Å². The van der Waals surface area contributed by atoms with E-state index in [0.29, 0.717) is 6.54 Å². The molecule has 0 unspecified atom stereocenters. The highest BCUT2D eigenvalue weighted by Crippen LogP contribution is 2.22. The molecular weight excluding hydrogens is 334 g/mol. The van der Waals surface area contributed by atoms with Crippen molar-refractivity contribution in [2.75, 3.05) is 0 Å². The van der Waals surface area contributed by atoms with Gasteiger partial charge in [0.2, 0.25) is 5.91 Å². The summed E-state index contributed by atoms with van der Waals surface area (Å²) in [5.41, 5.74) is 2.68. The zero-order valence-electron chi connectivity index (χ0n) is 14.6. The number of rotatable bonds is 6. The number of hydrogen-bond donors (Lipinski definition) is 1. The number of benzene rings is 1. The van der Waals surface area contributed by atoms with Crippen molar-refractivity contribution in [3.05, 3.63) is 51.5 Å². The van der Waals surface area contributed by atoms with Gasteiger partial charge >= 0.3 is 0 Å². The number of nitrogens with one attached hydrogen (secondary N) is 1. The van der Waals surface area contributed by atoms with E-state index >= 15 is 0 Å². The number of aryl methyl sites for hydroxylation is 3. The number of fused-ring (bicyclic) bond motifs is 1. The number of carbonyl (C=O) groups is 2. The van der Waals surface area contributed by atoms with E-state index in [1.54, 1.807) is 11.3 Å². The highest BCUT2D eigenvalue weighted by Gasteiger charge is 2.14. The molecule has 0 aliphatic carbocycles. The average Bonchev–Trinajstić information content (AvgIpc) is 3.10. The second-order valence-electron chi connectivity index (χ2n) is 6.10. The van der Waals surface area contributed by atoms with Gasteiger partial charge in [0, 0.05) is 35.2 Å². The van der Waals surface area contributed by atoms with Crippen LogP contribution in [0.15, 0.2) is 30.3 Å². The van der Waals surface area contributed by atoms with E-state index in [9.17, 15) is 9.59 Å². The second-order valence-corrected chi connectivity index (χ2v) is 7.56. The van der Waals surface area contributed by atoms with Gasteiger partial charge in [0.25, 0.3) is 0 Å². The minimum Gasteiger partial charge on any atom is -0.349 e. The predicted octanol–water partition coefficient (Wildman–Crippen LogP) is 3.53. The summed E-state index contributed by atoms with van der Waals surface area (Å²) < 4.78 is 1.97. The molecule has 0 aliphatic heterocycles. The summed E-state index contributed by atoms with van der Waals surface area (Å²) in [4.78, 5) is 31.0. The molecule has 0 saturated heterocycles. The van der Waals surface area contributed by atoms with Crippen molar-refractivity contribution in [3.8, 4) is 0 Å². The van der Waals surface area contributed by atoms with Gasteiger partial charge in [-0.1, -0.05) is 12.1 Å². The van der Waals surface area contributed by atoms with E-state index in [1.165, 1.54) is 0 Å². The van der Waals surface area contributed by atoms with Crippen LogP contribution in [-0.2, 0) is 18.4 Å². The summed E-state index contributed by atoms with van der Waals surface area (Å²) in [5, 5.41) is 2.86. The Morgan fingerprint density at radius 2 is 1.96 bits per heavy atom. The van der Waals surface area contributed by atoms with Gasteiger partial charge in [-0.3, -0.25) is 9.59 Å². The molecule has 0 aliphatic rings. The zero-order valence-corrected chi connectivity index (χ0v) is 15.4. The molecule has 2 aromatic heterocycles. The van der Waals surface area contributed by atoms with Gasteiger partial charge in [0.15, 0.2) is 5.78 Å². The molecule has 3 aromatic rings. The summed E-state index contributed by atoms with van der Waals surface area (Å²) in [7, 11) is 1.93. The topological polar surface area (TPSA) is 64.0 Å². The predicted molar refractivity (Wildman–Crippen MR) is 99.9 cm³/mol. The van der Waals surface area contributed by atoms with Gasteiger partial charge in [-0.05, 0) is 32.0 Å². The Morgan fingerprint density at radius 3 is 2.64 bits per heavy atom. The lowest BCUT2D eigenvalue weighted by Crippen LogP contribution is -2.24. The first kappa shape index (κ1) is 17.4. The quantitative estimate of drug-likeness (QED) is 0.688. The Morgan fingerprint density at radius 1 is 1.20 bits per heavy atom. The zero-order chi connectivity index (χ0) is 18.0. The van der Waals surface area contributed by atoms with E-state index in [0.717, 1.165) is 32.2 Å². The van der Waals surface area contributed by atoms with Crippen molar-refractivity contribution in [1.29, 1.82) is 0 Å². The van der Waals surface area contributed by atoms with Crippen LogP contribution in [0, 0.1) is 13.8 Å². The first-order valence-corrected chi connectivity index (χ1v) is 9.04. The molecule has 0 atom stereocenters.